The van der Waals surface area contributed by atoms with Crippen molar-refractivity contribution in [1.29, 1.82) is 0 Å². The van der Waals surface area contributed by atoms with Gasteiger partial charge in [0, 0.05) is 30.6 Å². The molecule has 1 aliphatic heterocycles. The van der Waals surface area contributed by atoms with Gasteiger partial charge in [-0.1, -0.05) is 6.07 Å². The molecule has 214 valence electrons. The molecule has 4 heterocycles. The van der Waals surface area contributed by atoms with Crippen LogP contribution in [-0.2, 0) is 24.1 Å². The molecule has 4 aromatic rings. The number of methoxy groups -OCH3 is 1. The summed E-state index contributed by atoms with van der Waals surface area (Å²) in [5.41, 5.74) is 1.46. The van der Waals surface area contributed by atoms with Crippen molar-refractivity contribution in [3.05, 3.63) is 59.6 Å². The lowest BCUT2D eigenvalue weighted by Gasteiger charge is -2.27. The van der Waals surface area contributed by atoms with Crippen molar-refractivity contribution in [1.82, 2.24) is 29.3 Å². The number of carbonyl (C=O) groups is 1. The van der Waals surface area contributed by atoms with E-state index in [-0.39, 0.29) is 36.3 Å². The SMILES string of the molecule is COc1ncnc(C2CC2)c1-c1cc2n(n1)CCC(=O)N2Cc1ccc(-c2nc(C(F)(F)F)cn2C(C)C)c(F)c1. The molecule has 0 spiro atoms. The highest BCUT2D eigenvalue weighted by molar-refractivity contribution is 5.94. The van der Waals surface area contributed by atoms with Gasteiger partial charge >= 0.3 is 6.18 Å². The number of amides is 1. The fourth-order valence-corrected chi connectivity index (χ4v) is 5.13. The summed E-state index contributed by atoms with van der Waals surface area (Å²) in [5.74, 6) is 0.247. The maximum atomic E-state index is 15.4. The lowest BCUT2D eigenvalue weighted by Crippen LogP contribution is -2.36. The molecular formula is C28H27F4N7O2. The second kappa shape index (κ2) is 9.96. The minimum Gasteiger partial charge on any atom is -0.480 e. The lowest BCUT2D eigenvalue weighted by molar-refractivity contribution is -0.141. The van der Waals surface area contributed by atoms with Crippen molar-refractivity contribution in [2.24, 2.45) is 0 Å². The third-order valence-electron chi connectivity index (χ3n) is 7.32. The van der Waals surface area contributed by atoms with Crippen LogP contribution in [0.25, 0.3) is 22.6 Å². The number of halogens is 4. The van der Waals surface area contributed by atoms with Crippen LogP contribution in [0.5, 0.6) is 5.88 Å². The van der Waals surface area contributed by atoms with Crippen LogP contribution < -0.4 is 9.64 Å². The number of aryl methyl sites for hydroxylation is 1. The Morgan fingerprint density at radius 2 is 1.93 bits per heavy atom. The maximum Gasteiger partial charge on any atom is 0.434 e. The van der Waals surface area contributed by atoms with Gasteiger partial charge in [-0.25, -0.2) is 24.0 Å². The van der Waals surface area contributed by atoms with Gasteiger partial charge < -0.3 is 9.30 Å². The van der Waals surface area contributed by atoms with E-state index in [0.29, 0.717) is 41.0 Å². The molecule has 1 aromatic carbocycles. The summed E-state index contributed by atoms with van der Waals surface area (Å²) in [6.07, 6.45) is -0.0587. The van der Waals surface area contributed by atoms with Crippen molar-refractivity contribution >= 4 is 11.7 Å². The van der Waals surface area contributed by atoms with E-state index in [1.807, 2.05) is 0 Å². The predicted molar refractivity (Wildman–Crippen MR) is 141 cm³/mol. The molecule has 6 rings (SSSR count). The van der Waals surface area contributed by atoms with Crippen molar-refractivity contribution in [2.45, 2.75) is 64.3 Å². The molecule has 2 aliphatic rings. The Balaban J connectivity index is 1.33. The minimum absolute atomic E-state index is 0.0471. The molecule has 1 amide bonds. The molecule has 0 atom stereocenters. The predicted octanol–water partition coefficient (Wildman–Crippen LogP) is 5.77. The van der Waals surface area contributed by atoms with Crippen LogP contribution in [0.1, 0.15) is 62.0 Å². The van der Waals surface area contributed by atoms with E-state index in [1.54, 1.807) is 30.7 Å². The quantitative estimate of drug-likeness (QED) is 0.263. The zero-order chi connectivity index (χ0) is 29.1. The van der Waals surface area contributed by atoms with E-state index in [1.165, 1.54) is 35.0 Å². The summed E-state index contributed by atoms with van der Waals surface area (Å²) in [7, 11) is 1.53. The molecule has 1 saturated carbocycles. The fraction of sp³-hybridized carbons (Fsp3) is 0.393. The van der Waals surface area contributed by atoms with E-state index in [0.717, 1.165) is 24.7 Å². The Morgan fingerprint density at radius 1 is 1.15 bits per heavy atom. The number of ether oxygens (including phenoxy) is 1. The first-order valence-corrected chi connectivity index (χ1v) is 13.3. The summed E-state index contributed by atoms with van der Waals surface area (Å²) in [4.78, 5) is 27.0. The molecule has 13 heteroatoms. The summed E-state index contributed by atoms with van der Waals surface area (Å²) in [6, 6.07) is 5.63. The second-order valence-corrected chi connectivity index (χ2v) is 10.5. The molecule has 0 unspecified atom stereocenters. The van der Waals surface area contributed by atoms with Crippen LogP contribution in [0, 0.1) is 5.82 Å². The Labute approximate surface area is 232 Å². The normalized spacial score (nSPS) is 15.5. The van der Waals surface area contributed by atoms with E-state index in [9.17, 15) is 18.0 Å². The molecule has 9 nitrogen and oxygen atoms in total. The number of anilines is 1. The molecule has 0 N–H and O–H groups in total. The van der Waals surface area contributed by atoms with Crippen LogP contribution in [-0.4, -0.2) is 42.3 Å². The fourth-order valence-electron chi connectivity index (χ4n) is 5.13. The van der Waals surface area contributed by atoms with E-state index >= 15 is 4.39 Å². The first-order valence-electron chi connectivity index (χ1n) is 13.3. The van der Waals surface area contributed by atoms with Crippen molar-refractivity contribution < 1.29 is 27.1 Å². The van der Waals surface area contributed by atoms with Gasteiger partial charge in [-0.15, -0.1) is 0 Å². The van der Waals surface area contributed by atoms with Crippen LogP contribution in [0.15, 0.2) is 36.8 Å². The van der Waals surface area contributed by atoms with Gasteiger partial charge in [-0.3, -0.25) is 9.69 Å². The standard InChI is InChI=1S/C28H27F4N7O2/c1-15(2)37-13-21(28(30,31)32)35-26(37)18-7-4-16(10-19(18)29)12-38-22-11-20(36-39(22)9-8-23(38)40)24-25(17-5-6-17)33-14-34-27(24)41-3/h4,7,10-11,13-15,17H,5-6,8-9,12H2,1-3H3. The second-order valence-electron chi connectivity index (χ2n) is 10.5. The van der Waals surface area contributed by atoms with Gasteiger partial charge in [-0.2, -0.15) is 18.3 Å². The number of carbonyl (C=O) groups excluding carboxylic acids is 1. The van der Waals surface area contributed by atoms with Crippen LogP contribution in [0.3, 0.4) is 0 Å². The van der Waals surface area contributed by atoms with Gasteiger partial charge in [0.2, 0.25) is 11.8 Å². The maximum absolute atomic E-state index is 15.4. The molecule has 0 bridgehead atoms. The van der Waals surface area contributed by atoms with Crippen LogP contribution in [0.2, 0.25) is 0 Å². The number of alkyl halides is 3. The van der Waals surface area contributed by atoms with Gasteiger partial charge in [0.25, 0.3) is 0 Å². The number of fused-ring (bicyclic) bond motifs is 1. The smallest absolute Gasteiger partial charge is 0.434 e. The Kier molecular flexibility index (Phi) is 6.54. The first kappa shape index (κ1) is 26.9. The molecule has 1 fully saturated rings. The first-order chi connectivity index (χ1) is 19.5. The van der Waals surface area contributed by atoms with E-state index in [4.69, 9.17) is 9.84 Å². The summed E-state index contributed by atoms with van der Waals surface area (Å²) < 4.78 is 63.9. The van der Waals surface area contributed by atoms with Crippen molar-refractivity contribution in [3.63, 3.8) is 0 Å². The van der Waals surface area contributed by atoms with Gasteiger partial charge in [0.1, 0.15) is 29.5 Å². The minimum atomic E-state index is -4.66. The number of imidazole rings is 1. The lowest BCUT2D eigenvalue weighted by atomic mass is 10.1. The van der Waals surface area contributed by atoms with Crippen molar-refractivity contribution in [2.75, 3.05) is 12.0 Å². The average molecular weight is 570 g/mol. The zero-order valence-corrected chi connectivity index (χ0v) is 22.6. The summed E-state index contributed by atoms with van der Waals surface area (Å²) >= 11 is 0. The third-order valence-corrected chi connectivity index (χ3v) is 7.32. The van der Waals surface area contributed by atoms with Crippen LogP contribution in [0.4, 0.5) is 23.4 Å². The van der Waals surface area contributed by atoms with Gasteiger partial charge in [-0.05, 0) is 44.4 Å². The topological polar surface area (TPSA) is 91.0 Å². The monoisotopic (exact) mass is 569 g/mol. The van der Waals surface area contributed by atoms with Crippen molar-refractivity contribution in [3.8, 4) is 28.5 Å². The summed E-state index contributed by atoms with van der Waals surface area (Å²) in [5, 5.41) is 4.73. The average Bonchev–Trinajstić information content (AvgIpc) is 3.51. The molecule has 0 radical (unpaired) electrons. The number of hydrogen-bond acceptors (Lipinski definition) is 6. The molecule has 0 saturated heterocycles. The largest absolute Gasteiger partial charge is 0.480 e. The highest BCUT2D eigenvalue weighted by atomic mass is 19.4. The Bertz CT molecular complexity index is 1640. The van der Waals surface area contributed by atoms with E-state index < -0.39 is 17.7 Å². The number of benzene rings is 1. The highest BCUT2D eigenvalue weighted by Crippen LogP contribution is 2.46. The number of nitrogens with zero attached hydrogens (tertiary/aromatic N) is 7. The van der Waals surface area contributed by atoms with E-state index in [2.05, 4.69) is 15.0 Å². The molecule has 3 aromatic heterocycles. The number of hydrogen-bond donors (Lipinski definition) is 0. The molecular weight excluding hydrogens is 542 g/mol. The molecule has 1 aliphatic carbocycles. The molecule has 41 heavy (non-hydrogen) atoms. The number of rotatable bonds is 7. The third kappa shape index (κ3) is 4.93. The van der Waals surface area contributed by atoms with Crippen LogP contribution >= 0.6 is 0 Å². The van der Waals surface area contributed by atoms with Gasteiger partial charge in [0.05, 0.1) is 37.0 Å². The highest BCUT2D eigenvalue weighted by Gasteiger charge is 2.36. The Hall–Kier alpha value is -4.29. The Morgan fingerprint density at radius 3 is 2.59 bits per heavy atom. The number of aromatic nitrogens is 6. The zero-order valence-electron chi connectivity index (χ0n) is 22.6. The summed E-state index contributed by atoms with van der Waals surface area (Å²) in [6.45, 7) is 3.82. The van der Waals surface area contributed by atoms with Gasteiger partial charge in [0.15, 0.2) is 5.69 Å².